The molecule has 1 aromatic rings. The van der Waals surface area contributed by atoms with Gasteiger partial charge < -0.3 is 22.4 Å². The Morgan fingerprint density at radius 2 is 1.33 bits per heavy atom. The van der Waals surface area contributed by atoms with Gasteiger partial charge in [0.15, 0.2) is 6.29 Å². The highest BCUT2D eigenvalue weighted by Crippen LogP contribution is 2.46. The Hall–Kier alpha value is 0.0338. The molecule has 0 amide bonds. The van der Waals surface area contributed by atoms with Crippen LogP contribution in [0.2, 0.25) is 32.2 Å². The van der Waals surface area contributed by atoms with Crippen LogP contribution < -0.4 is 0 Å². The topological polar surface area (TPSA) is 46.2 Å². The minimum Gasteiger partial charge on any atom is -0.414 e. The molecule has 0 aromatic heterocycles. The number of halogens is 2. The summed E-state index contributed by atoms with van der Waals surface area (Å²) in [6.45, 7) is 20.9. The minimum atomic E-state index is -2.58. The minimum absolute atomic E-state index is 0.194. The monoisotopic (exact) mass is 536 g/mol. The lowest BCUT2D eigenvalue weighted by atomic mass is 10.2. The summed E-state index contributed by atoms with van der Waals surface area (Å²) < 4.78 is 32.5. The average molecular weight is 538 g/mol. The van der Waals surface area contributed by atoms with Crippen molar-refractivity contribution >= 4 is 40.3 Å². The summed E-state index contributed by atoms with van der Waals surface area (Å²) in [6, 6.07) is 5.38. The van der Waals surface area contributed by atoms with Crippen molar-refractivity contribution in [3.63, 3.8) is 0 Å². The fourth-order valence-electron chi connectivity index (χ4n) is 4.51. The van der Waals surface area contributed by atoms with E-state index in [4.69, 9.17) is 45.6 Å². The molecule has 0 saturated carbocycles. The van der Waals surface area contributed by atoms with E-state index >= 15 is 0 Å². The third-order valence-electron chi connectivity index (χ3n) is 6.31. The van der Waals surface area contributed by atoms with Crippen LogP contribution in [0.25, 0.3) is 0 Å². The molecule has 0 N–H and O–H groups in total. The maximum Gasteiger partial charge on any atom is 0.335 e. The SMILES string of the molecule is CC(OCc1cc(Cl)cc(Cl)c1)OCC1CO[Si](C(C)C)(C(C)C)O[Si](C(C)C)(C(C)C)O1. The molecule has 1 aromatic carbocycles. The molecule has 0 bridgehead atoms. The van der Waals surface area contributed by atoms with E-state index in [1.54, 1.807) is 6.07 Å². The summed E-state index contributed by atoms with van der Waals surface area (Å²) in [5, 5.41) is 1.18. The van der Waals surface area contributed by atoms with Crippen LogP contribution in [0.15, 0.2) is 18.2 Å². The lowest BCUT2D eigenvalue weighted by Gasteiger charge is -2.45. The van der Waals surface area contributed by atoms with E-state index in [1.165, 1.54) is 0 Å². The standard InChI is InChI=1S/C24H42Cl2O5Si2/c1-16(2)32(17(3)4)29-15-24(30-33(31-32,18(5)6)19(7)8)14-28-20(9)27-13-21-10-22(25)12-23(26)11-21/h10-12,16-20,24H,13-15H2,1-9H3. The van der Waals surface area contributed by atoms with Crippen LogP contribution in [-0.4, -0.2) is 42.7 Å². The van der Waals surface area contributed by atoms with Gasteiger partial charge in [-0.15, -0.1) is 0 Å². The molecule has 2 unspecified atom stereocenters. The van der Waals surface area contributed by atoms with Gasteiger partial charge in [0.1, 0.15) is 0 Å². The van der Waals surface area contributed by atoms with Crippen LogP contribution >= 0.6 is 23.2 Å². The van der Waals surface area contributed by atoms with Crippen LogP contribution in [0, 0.1) is 0 Å². The molecule has 0 aliphatic carbocycles. The molecule has 2 atom stereocenters. The number of hydrogen-bond acceptors (Lipinski definition) is 5. The number of hydrogen-bond donors (Lipinski definition) is 0. The molecule has 5 nitrogen and oxygen atoms in total. The van der Waals surface area contributed by atoms with E-state index in [1.807, 2.05) is 19.1 Å². The van der Waals surface area contributed by atoms with E-state index in [0.717, 1.165) is 5.56 Å². The van der Waals surface area contributed by atoms with E-state index < -0.39 is 23.4 Å². The quantitative estimate of drug-likeness (QED) is 0.225. The van der Waals surface area contributed by atoms with Crippen LogP contribution in [0.5, 0.6) is 0 Å². The Morgan fingerprint density at radius 3 is 1.82 bits per heavy atom. The zero-order valence-corrected chi connectivity index (χ0v) is 25.1. The largest absolute Gasteiger partial charge is 0.414 e. The molecule has 33 heavy (non-hydrogen) atoms. The molecule has 1 aliphatic heterocycles. The van der Waals surface area contributed by atoms with Crippen LogP contribution in [-0.2, 0) is 29.0 Å². The molecule has 1 saturated heterocycles. The number of ether oxygens (including phenoxy) is 2. The Morgan fingerprint density at radius 1 is 0.818 bits per heavy atom. The lowest BCUT2D eigenvalue weighted by Crippen LogP contribution is -2.59. The van der Waals surface area contributed by atoms with E-state index in [0.29, 0.717) is 52.0 Å². The van der Waals surface area contributed by atoms with E-state index in [2.05, 4.69) is 55.4 Å². The van der Waals surface area contributed by atoms with Crippen molar-refractivity contribution < 1.29 is 22.4 Å². The predicted molar refractivity (Wildman–Crippen MR) is 140 cm³/mol. The second-order valence-corrected chi connectivity index (χ2v) is 19.9. The number of benzene rings is 1. The normalized spacial score (nSPS) is 21.7. The molecular formula is C24H42Cl2O5Si2. The van der Waals surface area contributed by atoms with Gasteiger partial charge in [0.2, 0.25) is 0 Å². The zero-order chi connectivity index (χ0) is 25.0. The summed E-state index contributed by atoms with van der Waals surface area (Å²) in [7, 11) is -5.07. The predicted octanol–water partition coefficient (Wildman–Crippen LogP) is 7.83. The molecule has 1 heterocycles. The molecular weight excluding hydrogens is 495 g/mol. The first kappa shape index (κ1) is 29.3. The first-order chi connectivity index (χ1) is 15.3. The molecule has 0 spiro atoms. The van der Waals surface area contributed by atoms with Gasteiger partial charge in [-0.05, 0) is 52.9 Å². The van der Waals surface area contributed by atoms with Crippen molar-refractivity contribution in [2.75, 3.05) is 13.2 Å². The van der Waals surface area contributed by atoms with Gasteiger partial charge in [-0.1, -0.05) is 78.6 Å². The van der Waals surface area contributed by atoms with Crippen molar-refractivity contribution in [1.82, 2.24) is 0 Å². The third-order valence-corrected chi connectivity index (χ3v) is 17.1. The summed E-state index contributed by atoms with van der Waals surface area (Å²) in [5.41, 5.74) is 2.16. The van der Waals surface area contributed by atoms with Crippen molar-refractivity contribution in [1.29, 1.82) is 0 Å². The Balaban J connectivity index is 2.11. The van der Waals surface area contributed by atoms with Crippen LogP contribution in [0.1, 0.15) is 67.9 Å². The number of rotatable bonds is 10. The van der Waals surface area contributed by atoms with Crippen LogP contribution in [0.4, 0.5) is 0 Å². The highest BCUT2D eigenvalue weighted by atomic mass is 35.5. The summed E-state index contributed by atoms with van der Waals surface area (Å²) in [6.07, 6.45) is -0.609. The lowest BCUT2D eigenvalue weighted by molar-refractivity contribution is -0.154. The Labute approximate surface area is 212 Å². The summed E-state index contributed by atoms with van der Waals surface area (Å²) in [4.78, 5) is 0. The van der Waals surface area contributed by atoms with Crippen molar-refractivity contribution in [3.8, 4) is 0 Å². The fourth-order valence-corrected chi connectivity index (χ4v) is 16.3. The Kier molecular flexibility index (Phi) is 10.9. The van der Waals surface area contributed by atoms with E-state index in [9.17, 15) is 0 Å². The molecule has 1 aliphatic rings. The van der Waals surface area contributed by atoms with Gasteiger partial charge >= 0.3 is 17.1 Å². The maximum absolute atomic E-state index is 7.12. The van der Waals surface area contributed by atoms with Crippen LogP contribution in [0.3, 0.4) is 0 Å². The summed E-state index contributed by atoms with van der Waals surface area (Å²) >= 11 is 12.2. The van der Waals surface area contributed by atoms with Crippen molar-refractivity contribution in [3.05, 3.63) is 33.8 Å². The molecule has 0 radical (unpaired) electrons. The second kappa shape index (κ2) is 12.3. The average Bonchev–Trinajstić information content (AvgIpc) is 2.89. The summed E-state index contributed by atoms with van der Waals surface area (Å²) in [5.74, 6) is 0. The van der Waals surface area contributed by atoms with E-state index in [-0.39, 0.29) is 6.10 Å². The molecule has 190 valence electrons. The molecule has 1 fully saturated rings. The highest BCUT2D eigenvalue weighted by molar-refractivity contribution is 6.84. The maximum atomic E-state index is 7.12. The molecule has 2 rings (SSSR count). The fraction of sp³-hybridized carbons (Fsp3) is 0.750. The first-order valence-electron chi connectivity index (χ1n) is 12.0. The van der Waals surface area contributed by atoms with Crippen molar-refractivity contribution in [2.24, 2.45) is 0 Å². The van der Waals surface area contributed by atoms with Gasteiger partial charge in [0.25, 0.3) is 0 Å². The zero-order valence-electron chi connectivity index (χ0n) is 21.6. The molecule has 9 heteroatoms. The van der Waals surface area contributed by atoms with Gasteiger partial charge in [-0.25, -0.2) is 0 Å². The Bertz CT molecular complexity index is 724. The second-order valence-electron chi connectivity index (χ2n) is 10.2. The highest BCUT2D eigenvalue weighted by Gasteiger charge is 2.58. The smallest absolute Gasteiger partial charge is 0.335 e. The first-order valence-corrected chi connectivity index (χ1v) is 16.7. The third kappa shape index (κ3) is 7.27. The van der Waals surface area contributed by atoms with Gasteiger partial charge in [0.05, 0.1) is 25.9 Å². The van der Waals surface area contributed by atoms with Gasteiger partial charge in [-0.3, -0.25) is 0 Å². The van der Waals surface area contributed by atoms with Gasteiger partial charge in [-0.2, -0.15) is 0 Å². The van der Waals surface area contributed by atoms with Gasteiger partial charge in [0, 0.05) is 10.0 Å². The van der Waals surface area contributed by atoms with Crippen molar-refractivity contribution in [2.45, 2.75) is 103 Å².